The number of amides is 1. The molecule has 2 heterocycles. The molecule has 1 aromatic carbocycles. The molecule has 1 unspecified atom stereocenters. The molecule has 1 saturated heterocycles. The van der Waals surface area contributed by atoms with E-state index in [1.807, 2.05) is 4.90 Å². The number of carbonyl (C=O) groups excluding carboxylic acids is 1. The summed E-state index contributed by atoms with van der Waals surface area (Å²) in [6, 6.07) is 7.58. The van der Waals surface area contributed by atoms with Gasteiger partial charge in [-0.05, 0) is 37.3 Å². The van der Waals surface area contributed by atoms with Gasteiger partial charge in [0.2, 0.25) is 5.91 Å². The maximum atomic E-state index is 14.1. The number of fused-ring (bicyclic) bond motifs is 2. The third-order valence-corrected chi connectivity index (χ3v) is 8.70. The second kappa shape index (κ2) is 10.2. The molecule has 1 N–H and O–H groups in total. The van der Waals surface area contributed by atoms with E-state index in [4.69, 9.17) is 0 Å². The van der Waals surface area contributed by atoms with Crippen LogP contribution < -0.4 is 5.56 Å². The fourth-order valence-corrected chi connectivity index (χ4v) is 6.61. The smallest absolute Gasteiger partial charge is 0.253 e. The first kappa shape index (κ1) is 24.2. The van der Waals surface area contributed by atoms with Crippen LogP contribution in [0.2, 0.25) is 0 Å². The number of hydrogen-bond acceptors (Lipinski definition) is 4. The molecule has 7 heteroatoms. The lowest BCUT2D eigenvalue weighted by atomic mass is 9.65. The lowest BCUT2D eigenvalue weighted by molar-refractivity contribution is -0.164. The lowest BCUT2D eigenvalue weighted by Gasteiger charge is -2.53. The van der Waals surface area contributed by atoms with E-state index in [0.29, 0.717) is 25.4 Å². The molecule has 2 bridgehead atoms. The molecule has 6 nitrogen and oxygen atoms in total. The Balaban J connectivity index is 1.27. The first-order valence-corrected chi connectivity index (χ1v) is 13.3. The number of piperidine rings is 1. The van der Waals surface area contributed by atoms with Crippen molar-refractivity contribution in [1.29, 1.82) is 0 Å². The molecule has 0 radical (unpaired) electrons. The van der Waals surface area contributed by atoms with Crippen LogP contribution in [0.1, 0.15) is 64.2 Å². The number of likely N-dealkylation sites (tertiary alicyclic amines) is 1. The minimum atomic E-state index is -1.05. The van der Waals surface area contributed by atoms with Gasteiger partial charge < -0.3 is 10.0 Å². The molecule has 1 aliphatic heterocycles. The van der Waals surface area contributed by atoms with Crippen LogP contribution in [0.4, 0.5) is 4.39 Å². The number of nitrogens with zero attached hydrogens (tertiary/aromatic N) is 3. The van der Waals surface area contributed by atoms with Crippen LogP contribution in [-0.2, 0) is 11.3 Å². The van der Waals surface area contributed by atoms with Gasteiger partial charge in [0.05, 0.1) is 24.2 Å². The molecule has 188 valence electrons. The summed E-state index contributed by atoms with van der Waals surface area (Å²) in [5.41, 5.74) is -0.790. The number of benzene rings is 1. The molecule has 5 rings (SSSR count). The number of hydrogen-bond donors (Lipinski definition) is 1. The van der Waals surface area contributed by atoms with Crippen molar-refractivity contribution in [3.05, 3.63) is 52.8 Å². The minimum absolute atomic E-state index is 0.0632. The minimum Gasteiger partial charge on any atom is -0.387 e. The molecule has 3 atom stereocenters. The lowest BCUT2D eigenvalue weighted by Crippen LogP contribution is -2.63. The van der Waals surface area contributed by atoms with E-state index in [1.54, 1.807) is 18.2 Å². The van der Waals surface area contributed by atoms with Crippen LogP contribution in [0, 0.1) is 23.6 Å². The summed E-state index contributed by atoms with van der Waals surface area (Å²) in [6.45, 7) is 1.24. The third kappa shape index (κ3) is 5.06. The van der Waals surface area contributed by atoms with Crippen LogP contribution in [0.15, 0.2) is 41.5 Å². The molecule has 3 aliphatic rings. The first-order chi connectivity index (χ1) is 16.9. The Bertz CT molecular complexity index is 1100. The van der Waals surface area contributed by atoms with Crippen molar-refractivity contribution >= 4 is 5.91 Å². The Morgan fingerprint density at radius 3 is 2.46 bits per heavy atom. The quantitative estimate of drug-likeness (QED) is 0.664. The predicted octanol–water partition coefficient (Wildman–Crippen LogP) is 4.40. The fourth-order valence-electron chi connectivity index (χ4n) is 6.61. The summed E-state index contributed by atoms with van der Waals surface area (Å²) in [5, 5.41) is 11.8. The highest BCUT2D eigenvalue weighted by atomic mass is 19.1. The van der Waals surface area contributed by atoms with Crippen LogP contribution >= 0.6 is 0 Å². The van der Waals surface area contributed by atoms with Crippen molar-refractivity contribution < 1.29 is 14.3 Å². The average molecular weight is 482 g/mol. The Morgan fingerprint density at radius 1 is 1.06 bits per heavy atom. The summed E-state index contributed by atoms with van der Waals surface area (Å²) in [6.07, 6.45) is 12.1. The zero-order valence-electron chi connectivity index (χ0n) is 20.4. The van der Waals surface area contributed by atoms with E-state index in [1.165, 1.54) is 55.1 Å². The second-order valence-corrected chi connectivity index (χ2v) is 10.9. The first-order valence-electron chi connectivity index (χ1n) is 13.3. The van der Waals surface area contributed by atoms with Crippen molar-refractivity contribution in [1.82, 2.24) is 14.5 Å². The Labute approximate surface area is 206 Å². The van der Waals surface area contributed by atoms with Crippen LogP contribution in [-0.4, -0.2) is 44.2 Å². The van der Waals surface area contributed by atoms with Gasteiger partial charge in [0, 0.05) is 43.0 Å². The van der Waals surface area contributed by atoms with Gasteiger partial charge in [0.15, 0.2) is 0 Å². The molecule has 3 fully saturated rings. The molecule has 2 aliphatic carbocycles. The van der Waals surface area contributed by atoms with Crippen molar-refractivity contribution in [2.75, 3.05) is 13.1 Å². The largest absolute Gasteiger partial charge is 0.387 e. The highest BCUT2D eigenvalue weighted by Crippen LogP contribution is 2.44. The number of carbonyl (C=O) groups is 1. The molecular weight excluding hydrogens is 445 g/mol. The van der Waals surface area contributed by atoms with Gasteiger partial charge in [-0.2, -0.15) is 0 Å². The van der Waals surface area contributed by atoms with Gasteiger partial charge >= 0.3 is 0 Å². The predicted molar refractivity (Wildman–Crippen MR) is 132 cm³/mol. The summed E-state index contributed by atoms with van der Waals surface area (Å²) in [4.78, 5) is 32.2. The molecule has 35 heavy (non-hydrogen) atoms. The van der Waals surface area contributed by atoms with E-state index in [9.17, 15) is 19.1 Å². The SMILES string of the molecule is O=C(CCC1CCCCC1)N1C[C@H]2CCC[C@@H](C1)C2(O)Cn1cnc(-c2ccccc2F)cc1=O. The summed E-state index contributed by atoms with van der Waals surface area (Å²) >= 11 is 0. The number of aliphatic hydroxyl groups is 1. The number of aromatic nitrogens is 2. The van der Waals surface area contributed by atoms with E-state index in [2.05, 4.69) is 4.98 Å². The standard InChI is InChI=1S/C28H36FN3O3/c29-24-12-5-4-11-23(24)25-15-27(34)32(19-30-25)18-28(35)21-9-6-10-22(28)17-31(16-21)26(33)14-13-20-7-2-1-3-8-20/h4-5,11-12,15,19-22,35H,1-3,6-10,13-14,16-18H2/t21-,22+,28?. The zero-order valence-corrected chi connectivity index (χ0v) is 20.4. The summed E-state index contributed by atoms with van der Waals surface area (Å²) in [7, 11) is 0. The molecular formula is C28H36FN3O3. The van der Waals surface area contributed by atoms with Crippen molar-refractivity contribution in [2.24, 2.45) is 17.8 Å². The van der Waals surface area contributed by atoms with Crippen LogP contribution in [0.5, 0.6) is 0 Å². The molecule has 0 spiro atoms. The maximum absolute atomic E-state index is 14.1. The van der Waals surface area contributed by atoms with Crippen molar-refractivity contribution in [3.63, 3.8) is 0 Å². The van der Waals surface area contributed by atoms with Crippen LogP contribution in [0.25, 0.3) is 11.3 Å². The molecule has 1 aromatic heterocycles. The average Bonchev–Trinajstić information content (AvgIpc) is 2.84. The second-order valence-electron chi connectivity index (χ2n) is 10.9. The fraction of sp³-hybridized carbons (Fsp3) is 0.607. The molecule has 1 amide bonds. The topological polar surface area (TPSA) is 75.4 Å². The van der Waals surface area contributed by atoms with Crippen molar-refractivity contribution in [2.45, 2.75) is 76.4 Å². The van der Waals surface area contributed by atoms with Gasteiger partial charge in [-0.15, -0.1) is 0 Å². The Hall–Kier alpha value is -2.54. The zero-order chi connectivity index (χ0) is 24.4. The molecule has 2 aromatic rings. The van der Waals surface area contributed by atoms with Crippen molar-refractivity contribution in [3.8, 4) is 11.3 Å². The van der Waals surface area contributed by atoms with Crippen LogP contribution in [0.3, 0.4) is 0 Å². The van der Waals surface area contributed by atoms with Gasteiger partial charge in [-0.3, -0.25) is 14.2 Å². The monoisotopic (exact) mass is 481 g/mol. The van der Waals surface area contributed by atoms with E-state index < -0.39 is 11.4 Å². The highest BCUT2D eigenvalue weighted by Gasteiger charge is 2.51. The summed E-state index contributed by atoms with van der Waals surface area (Å²) in [5.74, 6) is 0.340. The van der Waals surface area contributed by atoms with E-state index in [0.717, 1.165) is 25.7 Å². The normalized spacial score (nSPS) is 27.1. The van der Waals surface area contributed by atoms with Gasteiger partial charge in [-0.1, -0.05) is 50.7 Å². The maximum Gasteiger partial charge on any atom is 0.253 e. The number of halogens is 1. The number of rotatable bonds is 6. The third-order valence-electron chi connectivity index (χ3n) is 8.70. The van der Waals surface area contributed by atoms with Gasteiger partial charge in [0.1, 0.15) is 5.82 Å². The van der Waals surface area contributed by atoms with E-state index in [-0.39, 0.29) is 41.1 Å². The highest BCUT2D eigenvalue weighted by molar-refractivity contribution is 5.76. The van der Waals surface area contributed by atoms with Gasteiger partial charge in [0.25, 0.3) is 5.56 Å². The Kier molecular flexibility index (Phi) is 7.05. The molecule has 2 saturated carbocycles. The van der Waals surface area contributed by atoms with Gasteiger partial charge in [-0.25, -0.2) is 9.37 Å². The Morgan fingerprint density at radius 2 is 1.77 bits per heavy atom. The summed E-state index contributed by atoms with van der Waals surface area (Å²) < 4.78 is 15.6. The van der Waals surface area contributed by atoms with E-state index >= 15 is 0 Å².